The monoisotopic (exact) mass is 248 g/mol. The van der Waals surface area contributed by atoms with Crippen molar-refractivity contribution < 1.29 is 14.5 Å². The molecule has 0 saturated carbocycles. The molecule has 0 saturated heterocycles. The zero-order valence-corrected chi connectivity index (χ0v) is 10.1. The Morgan fingerprint density at radius 2 is 2.17 bits per heavy atom. The Bertz CT molecular complexity index is 532. The van der Waals surface area contributed by atoms with E-state index in [1.165, 1.54) is 19.2 Å². The Morgan fingerprint density at radius 1 is 1.50 bits per heavy atom. The van der Waals surface area contributed by atoms with Crippen LogP contribution in [0.1, 0.15) is 23.6 Å². The van der Waals surface area contributed by atoms with Crippen LogP contribution < -0.4 is 0 Å². The molecule has 1 aromatic carbocycles. The molecule has 0 N–H and O–H groups in total. The Hall–Kier alpha value is -2.42. The summed E-state index contributed by atoms with van der Waals surface area (Å²) in [6, 6.07) is 4.70. The molecule has 0 atom stereocenters. The van der Waals surface area contributed by atoms with Crippen molar-refractivity contribution in [2.75, 3.05) is 7.11 Å². The number of methoxy groups -OCH3 is 1. The lowest BCUT2D eigenvalue weighted by atomic mass is 9.99. The van der Waals surface area contributed by atoms with Crippen molar-refractivity contribution in [1.82, 2.24) is 0 Å². The molecule has 94 valence electrons. The lowest BCUT2D eigenvalue weighted by Crippen LogP contribution is -2.08. The van der Waals surface area contributed by atoms with E-state index in [1.54, 1.807) is 6.92 Å². The molecule has 0 aromatic heterocycles. The summed E-state index contributed by atoms with van der Waals surface area (Å²) in [5.41, 5.74) is 0.983. The average Bonchev–Trinajstić information content (AvgIpc) is 2.37. The van der Waals surface area contributed by atoms with Crippen LogP contribution in [-0.4, -0.2) is 18.0 Å². The molecular formula is C12H12N2O4. The number of esters is 1. The molecular weight excluding hydrogens is 236 g/mol. The fourth-order valence-electron chi connectivity index (χ4n) is 1.61. The van der Waals surface area contributed by atoms with Gasteiger partial charge in [0.1, 0.15) is 0 Å². The van der Waals surface area contributed by atoms with Crippen LogP contribution in [0.3, 0.4) is 0 Å². The zero-order chi connectivity index (χ0) is 13.7. The van der Waals surface area contributed by atoms with E-state index in [4.69, 9.17) is 5.26 Å². The summed E-state index contributed by atoms with van der Waals surface area (Å²) >= 11 is 0. The lowest BCUT2D eigenvalue weighted by Gasteiger charge is -2.06. The number of ether oxygens (including phenoxy) is 1. The van der Waals surface area contributed by atoms with Gasteiger partial charge in [-0.3, -0.25) is 14.9 Å². The number of nitro groups is 1. The number of nitriles is 1. The Labute approximate surface area is 104 Å². The standard InChI is InChI=1S/C12H12N2O4/c1-3-8-5-11(14(16)17)9(4-10(8)7-13)6-12(15)18-2/h4-5H,3,6H2,1-2H3. The van der Waals surface area contributed by atoms with Crippen molar-refractivity contribution in [3.63, 3.8) is 0 Å². The van der Waals surface area contributed by atoms with E-state index in [0.29, 0.717) is 17.5 Å². The molecule has 1 rings (SSSR count). The van der Waals surface area contributed by atoms with Crippen LogP contribution >= 0.6 is 0 Å². The lowest BCUT2D eigenvalue weighted by molar-refractivity contribution is -0.385. The first-order valence-corrected chi connectivity index (χ1v) is 5.30. The molecule has 0 unspecified atom stereocenters. The summed E-state index contributed by atoms with van der Waals surface area (Å²) in [7, 11) is 1.21. The number of carbonyl (C=O) groups excluding carboxylic acids is 1. The van der Waals surface area contributed by atoms with Crippen LogP contribution in [0.25, 0.3) is 0 Å². The third kappa shape index (κ3) is 2.83. The smallest absolute Gasteiger partial charge is 0.310 e. The predicted octanol–water partition coefficient (Wildman–Crippen LogP) is 1.74. The molecule has 6 heteroatoms. The minimum absolute atomic E-state index is 0.156. The Kier molecular flexibility index (Phi) is 4.38. The van der Waals surface area contributed by atoms with Crippen molar-refractivity contribution in [3.8, 4) is 6.07 Å². The summed E-state index contributed by atoms with van der Waals surface area (Å²) < 4.78 is 4.47. The van der Waals surface area contributed by atoms with E-state index < -0.39 is 10.9 Å². The van der Waals surface area contributed by atoms with Gasteiger partial charge in [0.15, 0.2) is 0 Å². The van der Waals surface area contributed by atoms with Gasteiger partial charge in [-0.2, -0.15) is 5.26 Å². The predicted molar refractivity (Wildman–Crippen MR) is 62.9 cm³/mol. The number of rotatable bonds is 4. The molecule has 0 aliphatic rings. The molecule has 0 aliphatic carbocycles. The van der Waals surface area contributed by atoms with Crippen molar-refractivity contribution in [3.05, 3.63) is 38.9 Å². The fraction of sp³-hybridized carbons (Fsp3) is 0.333. The van der Waals surface area contributed by atoms with E-state index in [9.17, 15) is 14.9 Å². The highest BCUT2D eigenvalue weighted by Crippen LogP contribution is 2.24. The highest BCUT2D eigenvalue weighted by Gasteiger charge is 2.19. The minimum Gasteiger partial charge on any atom is -0.469 e. The molecule has 6 nitrogen and oxygen atoms in total. The summed E-state index contributed by atoms with van der Waals surface area (Å²) in [4.78, 5) is 21.6. The summed E-state index contributed by atoms with van der Waals surface area (Å²) in [5, 5.41) is 19.9. The average molecular weight is 248 g/mol. The van der Waals surface area contributed by atoms with Gasteiger partial charge in [0.2, 0.25) is 0 Å². The van der Waals surface area contributed by atoms with Gasteiger partial charge < -0.3 is 4.74 Å². The summed E-state index contributed by atoms with van der Waals surface area (Å²) in [6.45, 7) is 1.81. The number of benzene rings is 1. The van der Waals surface area contributed by atoms with Gasteiger partial charge in [0.25, 0.3) is 5.69 Å². The third-order valence-electron chi connectivity index (χ3n) is 2.56. The number of hydrogen-bond acceptors (Lipinski definition) is 5. The molecule has 1 aromatic rings. The van der Waals surface area contributed by atoms with Gasteiger partial charge in [0, 0.05) is 11.6 Å². The van der Waals surface area contributed by atoms with Crippen LogP contribution in [0.5, 0.6) is 0 Å². The van der Waals surface area contributed by atoms with E-state index in [-0.39, 0.29) is 17.7 Å². The molecule has 0 heterocycles. The maximum absolute atomic E-state index is 11.2. The van der Waals surface area contributed by atoms with Crippen molar-refractivity contribution in [2.24, 2.45) is 0 Å². The SMILES string of the molecule is CCc1cc([N+](=O)[O-])c(CC(=O)OC)cc1C#N. The zero-order valence-electron chi connectivity index (χ0n) is 10.1. The van der Waals surface area contributed by atoms with Crippen LogP contribution in [-0.2, 0) is 22.4 Å². The van der Waals surface area contributed by atoms with E-state index in [0.717, 1.165) is 0 Å². The van der Waals surface area contributed by atoms with Gasteiger partial charge in [-0.05, 0) is 18.1 Å². The van der Waals surface area contributed by atoms with Crippen LogP contribution in [0.2, 0.25) is 0 Å². The molecule has 0 aliphatic heterocycles. The van der Waals surface area contributed by atoms with Crippen molar-refractivity contribution in [2.45, 2.75) is 19.8 Å². The van der Waals surface area contributed by atoms with Crippen molar-refractivity contribution in [1.29, 1.82) is 5.26 Å². The van der Waals surface area contributed by atoms with Gasteiger partial charge >= 0.3 is 5.97 Å². The maximum atomic E-state index is 11.2. The molecule has 18 heavy (non-hydrogen) atoms. The third-order valence-corrected chi connectivity index (χ3v) is 2.56. The van der Waals surface area contributed by atoms with Gasteiger partial charge in [-0.15, -0.1) is 0 Å². The topological polar surface area (TPSA) is 93.2 Å². The van der Waals surface area contributed by atoms with Crippen LogP contribution in [0.4, 0.5) is 5.69 Å². The number of hydrogen-bond donors (Lipinski definition) is 0. The van der Waals surface area contributed by atoms with E-state index in [2.05, 4.69) is 4.74 Å². The van der Waals surface area contributed by atoms with Gasteiger partial charge in [-0.1, -0.05) is 6.92 Å². The largest absolute Gasteiger partial charge is 0.469 e. The first kappa shape index (κ1) is 13.6. The fourth-order valence-corrected chi connectivity index (χ4v) is 1.61. The summed E-state index contributed by atoms with van der Waals surface area (Å²) in [5.74, 6) is -0.578. The number of nitro benzene ring substituents is 1. The second kappa shape index (κ2) is 5.77. The van der Waals surface area contributed by atoms with E-state index in [1.807, 2.05) is 6.07 Å². The Morgan fingerprint density at radius 3 is 2.61 bits per heavy atom. The number of aryl methyl sites for hydroxylation is 1. The van der Waals surface area contributed by atoms with Crippen LogP contribution in [0.15, 0.2) is 12.1 Å². The maximum Gasteiger partial charge on any atom is 0.310 e. The first-order valence-electron chi connectivity index (χ1n) is 5.30. The Balaban J connectivity index is 3.34. The first-order chi connectivity index (χ1) is 8.53. The number of carbonyl (C=O) groups is 1. The van der Waals surface area contributed by atoms with Crippen LogP contribution in [0, 0.1) is 21.4 Å². The molecule has 0 fully saturated rings. The second-order valence-corrected chi connectivity index (χ2v) is 3.61. The quantitative estimate of drug-likeness (QED) is 0.459. The molecule has 0 amide bonds. The molecule has 0 spiro atoms. The van der Waals surface area contributed by atoms with Gasteiger partial charge in [-0.25, -0.2) is 0 Å². The normalized spacial score (nSPS) is 9.61. The minimum atomic E-state index is -0.578. The summed E-state index contributed by atoms with van der Waals surface area (Å²) in [6.07, 6.45) is 0.299. The second-order valence-electron chi connectivity index (χ2n) is 3.61. The highest BCUT2D eigenvalue weighted by atomic mass is 16.6. The van der Waals surface area contributed by atoms with Crippen molar-refractivity contribution >= 4 is 11.7 Å². The highest BCUT2D eigenvalue weighted by molar-refractivity contribution is 5.74. The van der Waals surface area contributed by atoms with E-state index >= 15 is 0 Å². The molecule has 0 bridgehead atoms. The van der Waals surface area contributed by atoms with Gasteiger partial charge in [0.05, 0.1) is 30.1 Å². The molecule has 0 radical (unpaired) electrons. The number of nitrogens with zero attached hydrogens (tertiary/aromatic N) is 2.